The van der Waals surface area contributed by atoms with Crippen molar-refractivity contribution in [1.82, 2.24) is 10.2 Å². The smallest absolute Gasteiger partial charge is 0.291 e. The number of nitrogens with zero attached hydrogens (tertiary/aromatic N) is 2. The van der Waals surface area contributed by atoms with Crippen LogP contribution in [0.5, 0.6) is 0 Å². The van der Waals surface area contributed by atoms with Crippen LogP contribution in [0.3, 0.4) is 0 Å². The Morgan fingerprint density at radius 3 is 2.67 bits per heavy atom. The normalized spacial score (nSPS) is 11.4. The van der Waals surface area contributed by atoms with E-state index in [0.717, 1.165) is 23.3 Å². The van der Waals surface area contributed by atoms with Gasteiger partial charge in [0.05, 0.1) is 5.69 Å². The molecule has 0 aliphatic rings. The van der Waals surface area contributed by atoms with Crippen LogP contribution < -0.4 is 10.5 Å². The highest BCUT2D eigenvalue weighted by molar-refractivity contribution is 7.94. The lowest BCUT2D eigenvalue weighted by Crippen LogP contribution is -2.14. The molecule has 1 aromatic heterocycles. The van der Waals surface area contributed by atoms with E-state index in [2.05, 4.69) is 14.9 Å². The van der Waals surface area contributed by atoms with Gasteiger partial charge in [0.25, 0.3) is 14.4 Å². The summed E-state index contributed by atoms with van der Waals surface area (Å²) in [6, 6.07) is 7.21. The molecule has 0 aliphatic heterocycles. The summed E-state index contributed by atoms with van der Waals surface area (Å²) in [5, 5.41) is 7.15. The summed E-state index contributed by atoms with van der Waals surface area (Å²) in [6.07, 6.45) is 0.733. The van der Waals surface area contributed by atoms with Crippen LogP contribution >= 0.6 is 11.3 Å². The van der Waals surface area contributed by atoms with Crippen molar-refractivity contribution in [3.05, 3.63) is 29.8 Å². The second kappa shape index (κ2) is 4.91. The topological polar surface area (TPSA) is 98.0 Å². The maximum atomic E-state index is 12.0. The third-order valence-electron chi connectivity index (χ3n) is 2.29. The van der Waals surface area contributed by atoms with Gasteiger partial charge < -0.3 is 5.73 Å². The summed E-state index contributed by atoms with van der Waals surface area (Å²) in [5.74, 6) is 0. The van der Waals surface area contributed by atoms with Crippen molar-refractivity contribution >= 4 is 32.2 Å². The SMILES string of the molecule is CCc1ccccc1NS(=O)(=O)c1nnc(N)s1. The number of aromatic nitrogens is 2. The number of sulfonamides is 1. The number of nitrogen functional groups attached to an aromatic ring is 1. The number of hydrogen-bond acceptors (Lipinski definition) is 6. The first-order chi connectivity index (χ1) is 8.53. The average Bonchev–Trinajstić information content (AvgIpc) is 2.77. The Morgan fingerprint density at radius 1 is 1.33 bits per heavy atom. The lowest BCUT2D eigenvalue weighted by atomic mass is 10.1. The summed E-state index contributed by atoms with van der Waals surface area (Å²) < 4.78 is 26.4. The fourth-order valence-electron chi connectivity index (χ4n) is 1.45. The number of nitrogens with one attached hydrogen (secondary N) is 1. The van der Waals surface area contributed by atoms with E-state index in [1.54, 1.807) is 12.1 Å². The van der Waals surface area contributed by atoms with Gasteiger partial charge in [0.2, 0.25) is 5.13 Å². The fraction of sp³-hybridized carbons (Fsp3) is 0.200. The monoisotopic (exact) mass is 284 g/mol. The van der Waals surface area contributed by atoms with Gasteiger partial charge in [0, 0.05) is 0 Å². The van der Waals surface area contributed by atoms with Crippen LogP contribution in [0.15, 0.2) is 28.6 Å². The Hall–Kier alpha value is -1.67. The van der Waals surface area contributed by atoms with Crippen molar-refractivity contribution in [2.75, 3.05) is 10.5 Å². The molecule has 3 N–H and O–H groups in total. The molecule has 2 aromatic rings. The molecule has 0 radical (unpaired) electrons. The van der Waals surface area contributed by atoms with E-state index in [0.29, 0.717) is 5.69 Å². The van der Waals surface area contributed by atoms with E-state index < -0.39 is 10.0 Å². The maximum Gasteiger partial charge on any atom is 0.291 e. The summed E-state index contributed by atoms with van der Waals surface area (Å²) in [5.41, 5.74) is 6.84. The van der Waals surface area contributed by atoms with Crippen molar-refractivity contribution in [3.63, 3.8) is 0 Å². The molecule has 96 valence electrons. The molecule has 0 amide bonds. The van der Waals surface area contributed by atoms with Gasteiger partial charge in [-0.1, -0.05) is 36.5 Å². The van der Waals surface area contributed by atoms with Crippen LogP contribution in [0.25, 0.3) is 0 Å². The largest absolute Gasteiger partial charge is 0.374 e. The predicted molar refractivity (Wildman–Crippen MR) is 70.9 cm³/mol. The summed E-state index contributed by atoms with van der Waals surface area (Å²) in [4.78, 5) is 0. The molecule has 6 nitrogen and oxygen atoms in total. The third kappa shape index (κ3) is 2.59. The number of benzene rings is 1. The number of hydrogen-bond donors (Lipinski definition) is 2. The van der Waals surface area contributed by atoms with Gasteiger partial charge in [0.1, 0.15) is 0 Å². The minimum absolute atomic E-state index is 0.124. The molecular formula is C10H12N4O2S2. The number of nitrogens with two attached hydrogens (primary N) is 1. The Labute approximate surface area is 109 Å². The highest BCUT2D eigenvalue weighted by atomic mass is 32.2. The molecule has 18 heavy (non-hydrogen) atoms. The zero-order valence-electron chi connectivity index (χ0n) is 9.62. The number of para-hydroxylation sites is 1. The van der Waals surface area contributed by atoms with Crippen LogP contribution in [0.1, 0.15) is 12.5 Å². The number of anilines is 2. The van der Waals surface area contributed by atoms with E-state index >= 15 is 0 Å². The predicted octanol–water partition coefficient (Wildman–Crippen LogP) is 1.48. The second-order valence-electron chi connectivity index (χ2n) is 3.52. The molecule has 0 unspecified atom stereocenters. The van der Waals surface area contributed by atoms with E-state index in [1.807, 2.05) is 19.1 Å². The summed E-state index contributed by atoms with van der Waals surface area (Å²) in [6.45, 7) is 1.95. The van der Waals surface area contributed by atoms with E-state index in [9.17, 15) is 8.42 Å². The van der Waals surface area contributed by atoms with Crippen molar-refractivity contribution in [2.45, 2.75) is 17.7 Å². The molecule has 0 atom stereocenters. The van der Waals surface area contributed by atoms with Gasteiger partial charge in [-0.3, -0.25) is 4.72 Å². The van der Waals surface area contributed by atoms with Crippen LogP contribution in [-0.2, 0) is 16.4 Å². The molecule has 0 saturated heterocycles. The molecule has 2 rings (SSSR count). The third-order valence-corrected chi connectivity index (χ3v) is 4.78. The maximum absolute atomic E-state index is 12.0. The molecule has 0 spiro atoms. The molecule has 0 aliphatic carbocycles. The molecule has 0 saturated carbocycles. The van der Waals surface area contributed by atoms with E-state index in [4.69, 9.17) is 5.73 Å². The first kappa shape index (κ1) is 12.8. The Morgan fingerprint density at radius 2 is 2.06 bits per heavy atom. The van der Waals surface area contributed by atoms with Gasteiger partial charge in [-0.2, -0.15) is 8.42 Å². The van der Waals surface area contributed by atoms with Crippen LogP contribution in [0.4, 0.5) is 10.8 Å². The minimum atomic E-state index is -3.71. The van der Waals surface area contributed by atoms with Crippen LogP contribution in [0, 0.1) is 0 Å². The van der Waals surface area contributed by atoms with Gasteiger partial charge in [-0.05, 0) is 18.1 Å². The summed E-state index contributed by atoms with van der Waals surface area (Å²) in [7, 11) is -3.71. The Bertz CT molecular complexity index is 651. The molecular weight excluding hydrogens is 272 g/mol. The fourth-order valence-corrected chi connectivity index (χ4v) is 3.33. The minimum Gasteiger partial charge on any atom is -0.374 e. The van der Waals surface area contributed by atoms with E-state index in [-0.39, 0.29) is 9.47 Å². The summed E-state index contributed by atoms with van der Waals surface area (Å²) >= 11 is 0.832. The second-order valence-corrected chi connectivity index (χ2v) is 6.39. The van der Waals surface area contributed by atoms with Crippen LogP contribution in [0.2, 0.25) is 0 Å². The standard InChI is InChI=1S/C10H12N4O2S2/c1-2-7-5-3-4-6-8(7)14-18(15,16)10-13-12-9(11)17-10/h3-6,14H,2H2,1H3,(H2,11,12). The van der Waals surface area contributed by atoms with E-state index in [1.165, 1.54) is 0 Å². The first-order valence-electron chi connectivity index (χ1n) is 5.22. The average molecular weight is 284 g/mol. The zero-order chi connectivity index (χ0) is 13.2. The number of aryl methyl sites for hydroxylation is 1. The quantitative estimate of drug-likeness (QED) is 0.886. The van der Waals surface area contributed by atoms with Gasteiger partial charge in [0.15, 0.2) is 0 Å². The molecule has 1 aromatic carbocycles. The molecule has 0 fully saturated rings. The van der Waals surface area contributed by atoms with Crippen molar-refractivity contribution in [3.8, 4) is 0 Å². The first-order valence-corrected chi connectivity index (χ1v) is 7.52. The molecule has 0 bridgehead atoms. The van der Waals surface area contributed by atoms with Crippen molar-refractivity contribution < 1.29 is 8.42 Å². The number of rotatable bonds is 4. The lowest BCUT2D eigenvalue weighted by Gasteiger charge is -2.09. The van der Waals surface area contributed by atoms with Crippen molar-refractivity contribution in [2.24, 2.45) is 0 Å². The van der Waals surface area contributed by atoms with Gasteiger partial charge in [-0.15, -0.1) is 10.2 Å². The lowest BCUT2D eigenvalue weighted by molar-refractivity contribution is 0.599. The van der Waals surface area contributed by atoms with Gasteiger partial charge in [-0.25, -0.2) is 0 Å². The van der Waals surface area contributed by atoms with Crippen LogP contribution in [-0.4, -0.2) is 18.6 Å². The molecule has 8 heteroatoms. The Balaban J connectivity index is 2.33. The van der Waals surface area contributed by atoms with Gasteiger partial charge >= 0.3 is 0 Å². The Kier molecular flexibility index (Phi) is 3.48. The highest BCUT2D eigenvalue weighted by Crippen LogP contribution is 2.22. The van der Waals surface area contributed by atoms with Crippen molar-refractivity contribution in [1.29, 1.82) is 0 Å². The molecule has 1 heterocycles. The zero-order valence-corrected chi connectivity index (χ0v) is 11.3. The highest BCUT2D eigenvalue weighted by Gasteiger charge is 2.20.